The van der Waals surface area contributed by atoms with E-state index in [2.05, 4.69) is 470 Å². The number of hydrogen-bond donors (Lipinski definition) is 0. The summed E-state index contributed by atoms with van der Waals surface area (Å²) in [7, 11) is 0. The topological polar surface area (TPSA) is 13.0 Å². The molecule has 17 aromatic carbocycles. The molecule has 5 heteroatoms. The summed E-state index contributed by atoms with van der Waals surface area (Å²) < 4.78 is 2.59. The molecule has 1 aromatic heterocycles. The van der Waals surface area contributed by atoms with Gasteiger partial charge in [-0.15, -0.1) is 11.3 Å². The van der Waals surface area contributed by atoms with Gasteiger partial charge < -0.3 is 19.6 Å². The van der Waals surface area contributed by atoms with Crippen molar-refractivity contribution >= 4 is 99.8 Å². The van der Waals surface area contributed by atoms with Crippen molar-refractivity contribution in [3.8, 4) is 44.5 Å². The van der Waals surface area contributed by atoms with Crippen molar-refractivity contribution < 1.29 is 0 Å². The van der Waals surface area contributed by atoms with Crippen LogP contribution >= 0.6 is 11.3 Å². The molecular weight excluding hydrogens is 1360 g/mol. The van der Waals surface area contributed by atoms with E-state index in [4.69, 9.17) is 0 Å². The maximum Gasteiger partial charge on any atom is 0.0714 e. The van der Waals surface area contributed by atoms with Gasteiger partial charge in [-0.3, -0.25) is 0 Å². The number of fused-ring (bicyclic) bond motifs is 9. The van der Waals surface area contributed by atoms with Crippen molar-refractivity contribution in [2.75, 3.05) is 19.6 Å². The van der Waals surface area contributed by atoms with Gasteiger partial charge in [0.15, 0.2) is 0 Å². The molecule has 0 saturated heterocycles. The predicted molar refractivity (Wildman–Crippen MR) is 470 cm³/mol. The van der Waals surface area contributed by atoms with Gasteiger partial charge in [0.05, 0.1) is 5.41 Å². The molecule has 20 rings (SSSR count). The molecular formula is C106H78N4S. The van der Waals surface area contributed by atoms with Gasteiger partial charge in [-0.2, -0.15) is 0 Å². The van der Waals surface area contributed by atoms with E-state index in [1.807, 2.05) is 11.3 Å². The second-order valence-electron chi connectivity index (χ2n) is 29.2. The lowest BCUT2D eigenvalue weighted by Gasteiger charge is -2.35. The molecule has 18 aromatic rings. The zero-order valence-corrected chi connectivity index (χ0v) is 62.6. The van der Waals surface area contributed by atoms with Crippen LogP contribution in [-0.4, -0.2) is 0 Å². The Morgan fingerprint density at radius 3 is 1.08 bits per heavy atom. The first kappa shape index (κ1) is 67.7. The van der Waals surface area contributed by atoms with Gasteiger partial charge in [-0.25, -0.2) is 0 Å². The number of para-hydroxylation sites is 5. The molecule has 4 nitrogen and oxygen atoms in total. The highest BCUT2D eigenvalue weighted by molar-refractivity contribution is 7.25. The minimum atomic E-state index is -0.477. The van der Waals surface area contributed by atoms with Gasteiger partial charge in [-0.05, 0) is 230 Å². The molecule has 0 atom stereocenters. The van der Waals surface area contributed by atoms with Crippen molar-refractivity contribution in [3.05, 3.63) is 470 Å². The fraction of sp³-hybridized carbons (Fsp3) is 0.0377. The van der Waals surface area contributed by atoms with Gasteiger partial charge in [0, 0.05) is 93.8 Å². The Labute approximate surface area is 654 Å². The first-order chi connectivity index (χ1) is 54.8. The fourth-order valence-corrected chi connectivity index (χ4v) is 18.3. The molecule has 0 fully saturated rings. The minimum Gasteiger partial charge on any atom is -0.310 e. The van der Waals surface area contributed by atoms with Crippen LogP contribution < -0.4 is 19.6 Å². The number of nitrogens with zero attached hydrogens (tertiary/aromatic N) is 4. The van der Waals surface area contributed by atoms with Crippen molar-refractivity contribution in [2.45, 2.75) is 24.7 Å². The first-order valence-electron chi connectivity index (χ1n) is 38.2. The van der Waals surface area contributed by atoms with Crippen LogP contribution in [0.5, 0.6) is 0 Å². The Bertz CT molecular complexity index is 6140. The molecule has 0 N–H and O–H groups in total. The minimum absolute atomic E-state index is 0.110. The average Bonchev–Trinajstić information content (AvgIpc) is 1.56. The van der Waals surface area contributed by atoms with Crippen LogP contribution in [0.4, 0.5) is 68.2 Å². The van der Waals surface area contributed by atoms with Gasteiger partial charge >= 0.3 is 0 Å². The molecule has 1 heterocycles. The third-order valence-corrected chi connectivity index (χ3v) is 23.5. The number of thiophene rings is 1. The second-order valence-corrected chi connectivity index (χ2v) is 30.2. The Morgan fingerprint density at radius 1 is 0.189 bits per heavy atom. The van der Waals surface area contributed by atoms with E-state index in [9.17, 15) is 0 Å². The molecule has 0 aliphatic heterocycles. The Kier molecular flexibility index (Phi) is 17.7. The van der Waals surface area contributed by atoms with Crippen LogP contribution in [0.3, 0.4) is 0 Å². The standard InChI is InChI=1S/C54H39N3S.C52H39N/c1-6-20-42(21-7-1)55(43-22-8-2-9-23-43)49-36-41(37-50(38-49)56(44-24-10-3-11-25-44)45-26-12-4-13-27-45)40-19-18-30-47(35-40)57(46-28-14-5-15-29-46)48-33-34-54-52(39-48)51-31-16-17-32-53(51)58-54;1-51(2)47-25-12-9-22-43(47)46-33-32-42(35-50(46)51)53(40-30-28-37(29-31-40)36-16-5-3-6-17-36)41-21-15-20-39(34-41)52(38-18-7-4-8-19-38)48-26-13-10-23-44(48)45-24-11-14-27-49(45)52/h1-39H;3-35H,1-2H3. The zero-order chi connectivity index (χ0) is 74.2. The van der Waals surface area contributed by atoms with Crippen molar-refractivity contribution in [1.82, 2.24) is 0 Å². The number of hydrogen-bond acceptors (Lipinski definition) is 5. The largest absolute Gasteiger partial charge is 0.310 e. The summed E-state index contributed by atoms with van der Waals surface area (Å²) in [5.41, 5.74) is 30.4. The fourth-order valence-electron chi connectivity index (χ4n) is 17.2. The highest BCUT2D eigenvalue weighted by Gasteiger charge is 2.46. The van der Waals surface area contributed by atoms with Crippen LogP contribution in [0.15, 0.2) is 437 Å². The van der Waals surface area contributed by atoms with E-state index >= 15 is 0 Å². The summed E-state index contributed by atoms with van der Waals surface area (Å²) in [5, 5.41) is 2.56. The SMILES string of the molecule is CC1(C)c2ccccc2-c2ccc(N(c3ccc(-c4ccccc4)cc3)c3cccc(C4(c5ccccc5)c5ccccc5-c5ccccc54)c3)cc21.c1ccc(N(c2ccccc2)c2cc(-c3cccc(N(c4ccccc4)c4ccc5sc6ccccc6c5c4)c3)cc(N(c3ccccc3)c3ccccc3)c2)cc1. The van der Waals surface area contributed by atoms with E-state index in [0.717, 1.165) is 79.4 Å². The molecule has 0 spiro atoms. The number of anilines is 12. The second kappa shape index (κ2) is 29.0. The molecule has 528 valence electrons. The van der Waals surface area contributed by atoms with Crippen molar-refractivity contribution in [3.63, 3.8) is 0 Å². The first-order valence-corrected chi connectivity index (χ1v) is 39.0. The Balaban J connectivity index is 0.000000150. The molecule has 2 aliphatic carbocycles. The van der Waals surface area contributed by atoms with Gasteiger partial charge in [0.25, 0.3) is 0 Å². The summed E-state index contributed by atoms with van der Waals surface area (Å²) in [6.45, 7) is 4.72. The van der Waals surface area contributed by atoms with E-state index in [1.165, 1.54) is 86.9 Å². The van der Waals surface area contributed by atoms with E-state index in [-0.39, 0.29) is 5.41 Å². The normalized spacial score (nSPS) is 12.6. The van der Waals surface area contributed by atoms with E-state index < -0.39 is 5.41 Å². The average molecular weight is 1440 g/mol. The van der Waals surface area contributed by atoms with Crippen LogP contribution in [0.1, 0.15) is 47.2 Å². The number of benzene rings is 17. The van der Waals surface area contributed by atoms with Crippen LogP contribution in [0.2, 0.25) is 0 Å². The van der Waals surface area contributed by atoms with E-state index in [0.29, 0.717) is 0 Å². The van der Waals surface area contributed by atoms with Gasteiger partial charge in [0.2, 0.25) is 0 Å². The van der Waals surface area contributed by atoms with Gasteiger partial charge in [0.1, 0.15) is 0 Å². The summed E-state index contributed by atoms with van der Waals surface area (Å²) in [6, 6.07) is 159. The maximum absolute atomic E-state index is 2.45. The Morgan fingerprint density at radius 2 is 0.532 bits per heavy atom. The molecule has 0 amide bonds. The molecule has 0 unspecified atom stereocenters. The van der Waals surface area contributed by atoms with Crippen LogP contribution in [0, 0.1) is 0 Å². The molecule has 2 aliphatic rings. The lowest BCUT2D eigenvalue weighted by Crippen LogP contribution is -2.28. The highest BCUT2D eigenvalue weighted by Crippen LogP contribution is 2.58. The molecule has 0 saturated carbocycles. The van der Waals surface area contributed by atoms with Crippen LogP contribution in [-0.2, 0) is 10.8 Å². The van der Waals surface area contributed by atoms with Crippen LogP contribution in [0.25, 0.3) is 64.7 Å². The summed E-state index contributed by atoms with van der Waals surface area (Å²) in [6.07, 6.45) is 0. The lowest BCUT2D eigenvalue weighted by atomic mass is 9.67. The third-order valence-electron chi connectivity index (χ3n) is 22.3. The highest BCUT2D eigenvalue weighted by atomic mass is 32.1. The van der Waals surface area contributed by atoms with E-state index in [1.54, 1.807) is 0 Å². The smallest absolute Gasteiger partial charge is 0.0714 e. The summed E-state index contributed by atoms with van der Waals surface area (Å²) >= 11 is 1.85. The zero-order valence-electron chi connectivity index (χ0n) is 61.8. The quantitative estimate of drug-likeness (QED) is 0.0956. The third kappa shape index (κ3) is 12.4. The monoisotopic (exact) mass is 1440 g/mol. The summed E-state index contributed by atoms with van der Waals surface area (Å²) in [4.78, 5) is 9.52. The lowest BCUT2D eigenvalue weighted by molar-refractivity contribution is 0.660. The Hall–Kier alpha value is -13.8. The maximum atomic E-state index is 2.45. The van der Waals surface area contributed by atoms with Crippen molar-refractivity contribution in [1.29, 1.82) is 0 Å². The van der Waals surface area contributed by atoms with Gasteiger partial charge in [-0.1, -0.05) is 299 Å². The van der Waals surface area contributed by atoms with Crippen molar-refractivity contribution in [2.24, 2.45) is 0 Å². The predicted octanol–water partition coefficient (Wildman–Crippen LogP) is 29.6. The molecule has 0 bridgehead atoms. The molecule has 111 heavy (non-hydrogen) atoms. The molecule has 0 radical (unpaired) electrons. The number of rotatable bonds is 16. The summed E-state index contributed by atoms with van der Waals surface area (Å²) in [5.74, 6) is 0.